The number of amides is 2. The zero-order chi connectivity index (χ0) is 26.9. The van der Waals surface area contributed by atoms with E-state index in [-0.39, 0.29) is 29.7 Å². The molecule has 2 amide bonds. The molecule has 0 aliphatic heterocycles. The van der Waals surface area contributed by atoms with E-state index in [0.29, 0.717) is 30.3 Å². The van der Waals surface area contributed by atoms with Crippen LogP contribution in [0.1, 0.15) is 34.0 Å². The molecule has 0 aliphatic carbocycles. The number of methoxy groups -OCH3 is 1. The number of hydrogen-bond acceptors (Lipinski definition) is 5. The van der Waals surface area contributed by atoms with Crippen molar-refractivity contribution >= 4 is 17.5 Å². The molecule has 7 nitrogen and oxygen atoms in total. The molecule has 0 bridgehead atoms. The van der Waals surface area contributed by atoms with Gasteiger partial charge in [-0.05, 0) is 59.7 Å². The molecule has 4 aromatic carbocycles. The lowest BCUT2D eigenvalue weighted by Crippen LogP contribution is -2.30. The number of aromatic hydroxyl groups is 1. The topological polar surface area (TPSA) is 88.1 Å². The van der Waals surface area contributed by atoms with E-state index in [1.807, 2.05) is 48.5 Å². The lowest BCUT2D eigenvalue weighted by atomic mass is 10.1. The van der Waals surface area contributed by atoms with E-state index < -0.39 is 0 Å². The summed E-state index contributed by atoms with van der Waals surface area (Å²) in [5.41, 5.74) is 3.65. The number of benzene rings is 4. The number of ether oxygens (including phenoxy) is 2. The van der Waals surface area contributed by atoms with Crippen LogP contribution in [0, 0.1) is 0 Å². The molecule has 4 aromatic rings. The summed E-state index contributed by atoms with van der Waals surface area (Å²) in [4.78, 5) is 26.4. The molecule has 0 unspecified atom stereocenters. The molecule has 0 heterocycles. The zero-order valence-corrected chi connectivity index (χ0v) is 21.4. The van der Waals surface area contributed by atoms with Crippen LogP contribution in [-0.2, 0) is 24.5 Å². The fourth-order valence-electron chi connectivity index (χ4n) is 4.09. The first-order valence-electron chi connectivity index (χ1n) is 12.2. The van der Waals surface area contributed by atoms with Crippen LogP contribution in [0.3, 0.4) is 0 Å². The van der Waals surface area contributed by atoms with E-state index in [9.17, 15) is 14.7 Å². The van der Waals surface area contributed by atoms with Gasteiger partial charge in [-0.3, -0.25) is 9.59 Å². The normalized spacial score (nSPS) is 10.5. The van der Waals surface area contributed by atoms with Gasteiger partial charge < -0.3 is 24.8 Å². The van der Waals surface area contributed by atoms with Crippen molar-refractivity contribution in [1.29, 1.82) is 0 Å². The van der Waals surface area contributed by atoms with Crippen molar-refractivity contribution in [2.75, 3.05) is 12.4 Å². The summed E-state index contributed by atoms with van der Waals surface area (Å²) in [7, 11) is 1.60. The largest absolute Gasteiger partial charge is 0.507 e. The second-order valence-electron chi connectivity index (χ2n) is 8.80. The van der Waals surface area contributed by atoms with Gasteiger partial charge in [-0.2, -0.15) is 0 Å². The number of anilines is 1. The number of carbonyl (C=O) groups is 2. The summed E-state index contributed by atoms with van der Waals surface area (Å²) in [5.74, 6) is 0.864. The lowest BCUT2D eigenvalue weighted by Gasteiger charge is -2.24. The summed E-state index contributed by atoms with van der Waals surface area (Å²) in [5, 5.41) is 13.0. The molecule has 7 heteroatoms. The van der Waals surface area contributed by atoms with E-state index in [4.69, 9.17) is 9.47 Å². The Morgan fingerprint density at radius 2 is 1.53 bits per heavy atom. The quantitative estimate of drug-likeness (QED) is 0.282. The number of carbonyl (C=O) groups excluding carboxylic acids is 2. The number of nitrogens with one attached hydrogen (secondary N) is 1. The third kappa shape index (κ3) is 6.91. The highest BCUT2D eigenvalue weighted by molar-refractivity contribution is 5.96. The highest BCUT2D eigenvalue weighted by Gasteiger charge is 2.20. The summed E-state index contributed by atoms with van der Waals surface area (Å²) in [6, 6.07) is 29.2. The Labute approximate surface area is 222 Å². The van der Waals surface area contributed by atoms with Crippen molar-refractivity contribution in [2.24, 2.45) is 0 Å². The molecule has 38 heavy (non-hydrogen) atoms. The summed E-state index contributed by atoms with van der Waals surface area (Å²) in [6.07, 6.45) is 0. The van der Waals surface area contributed by atoms with Crippen LogP contribution in [0.25, 0.3) is 0 Å². The zero-order valence-electron chi connectivity index (χ0n) is 21.4. The fourth-order valence-corrected chi connectivity index (χ4v) is 4.09. The SMILES string of the molecule is COc1ccc(CN(Cc2ccccc2)C(=O)c2ccccc2O)cc1COc1ccc(NC(C)=O)cc1. The van der Waals surface area contributed by atoms with Gasteiger partial charge in [-0.15, -0.1) is 0 Å². The van der Waals surface area contributed by atoms with Gasteiger partial charge in [0.1, 0.15) is 23.9 Å². The molecule has 0 aliphatic rings. The molecule has 0 saturated carbocycles. The Bertz CT molecular complexity index is 1390. The second kappa shape index (κ2) is 12.5. The van der Waals surface area contributed by atoms with Crippen molar-refractivity contribution < 1.29 is 24.2 Å². The van der Waals surface area contributed by atoms with Crippen LogP contribution in [0.5, 0.6) is 17.2 Å². The van der Waals surface area contributed by atoms with Gasteiger partial charge in [0, 0.05) is 31.3 Å². The van der Waals surface area contributed by atoms with Gasteiger partial charge in [0.25, 0.3) is 5.91 Å². The Morgan fingerprint density at radius 3 is 2.21 bits per heavy atom. The van der Waals surface area contributed by atoms with Gasteiger partial charge in [0.2, 0.25) is 5.91 Å². The highest BCUT2D eigenvalue weighted by atomic mass is 16.5. The Morgan fingerprint density at radius 1 is 0.842 bits per heavy atom. The van der Waals surface area contributed by atoms with Crippen LogP contribution in [0.4, 0.5) is 5.69 Å². The number of phenols is 1. The van der Waals surface area contributed by atoms with Gasteiger partial charge >= 0.3 is 0 Å². The molecule has 0 aromatic heterocycles. The molecule has 4 rings (SSSR count). The van der Waals surface area contributed by atoms with Crippen LogP contribution < -0.4 is 14.8 Å². The average Bonchev–Trinajstić information content (AvgIpc) is 2.92. The third-order valence-electron chi connectivity index (χ3n) is 5.93. The van der Waals surface area contributed by atoms with Crippen molar-refractivity contribution in [2.45, 2.75) is 26.6 Å². The lowest BCUT2D eigenvalue weighted by molar-refractivity contribution is -0.114. The maximum absolute atomic E-state index is 13.5. The van der Waals surface area contributed by atoms with Gasteiger partial charge in [-0.25, -0.2) is 0 Å². The molecular weight excluding hydrogens is 480 g/mol. The minimum absolute atomic E-state index is 0.0519. The first kappa shape index (κ1) is 26.3. The Hall–Kier alpha value is -4.78. The molecule has 0 fully saturated rings. The first-order chi connectivity index (χ1) is 18.4. The van der Waals surface area contributed by atoms with Crippen molar-refractivity contribution in [3.63, 3.8) is 0 Å². The minimum atomic E-state index is -0.264. The van der Waals surface area contributed by atoms with Gasteiger partial charge in [-0.1, -0.05) is 48.5 Å². The summed E-state index contributed by atoms with van der Waals surface area (Å²) >= 11 is 0. The molecule has 2 N–H and O–H groups in total. The second-order valence-corrected chi connectivity index (χ2v) is 8.80. The maximum atomic E-state index is 13.5. The van der Waals surface area contributed by atoms with E-state index in [2.05, 4.69) is 5.32 Å². The molecule has 0 radical (unpaired) electrons. The third-order valence-corrected chi connectivity index (χ3v) is 5.93. The van der Waals surface area contributed by atoms with E-state index in [0.717, 1.165) is 16.7 Å². The maximum Gasteiger partial charge on any atom is 0.258 e. The van der Waals surface area contributed by atoms with E-state index >= 15 is 0 Å². The molecule has 194 valence electrons. The fraction of sp³-hybridized carbons (Fsp3) is 0.161. The highest BCUT2D eigenvalue weighted by Crippen LogP contribution is 2.26. The summed E-state index contributed by atoms with van der Waals surface area (Å²) in [6.45, 7) is 2.42. The molecule has 0 saturated heterocycles. The van der Waals surface area contributed by atoms with Crippen molar-refractivity contribution in [3.8, 4) is 17.2 Å². The van der Waals surface area contributed by atoms with E-state index in [1.165, 1.54) is 13.0 Å². The van der Waals surface area contributed by atoms with Crippen molar-refractivity contribution in [3.05, 3.63) is 119 Å². The van der Waals surface area contributed by atoms with Gasteiger partial charge in [0.05, 0.1) is 12.7 Å². The van der Waals surface area contributed by atoms with Crippen LogP contribution >= 0.6 is 0 Å². The smallest absolute Gasteiger partial charge is 0.258 e. The van der Waals surface area contributed by atoms with Gasteiger partial charge in [0.15, 0.2) is 0 Å². The van der Waals surface area contributed by atoms with E-state index in [1.54, 1.807) is 54.5 Å². The Kier molecular flexibility index (Phi) is 8.61. The molecule has 0 spiro atoms. The first-order valence-corrected chi connectivity index (χ1v) is 12.2. The Balaban J connectivity index is 1.54. The van der Waals surface area contributed by atoms with Crippen molar-refractivity contribution in [1.82, 2.24) is 4.90 Å². The van der Waals surface area contributed by atoms with Crippen LogP contribution in [-0.4, -0.2) is 28.9 Å². The van der Waals surface area contributed by atoms with Crippen LogP contribution in [0.15, 0.2) is 97.1 Å². The monoisotopic (exact) mass is 510 g/mol. The predicted octanol–water partition coefficient (Wildman–Crippen LogP) is 5.78. The molecule has 0 atom stereocenters. The minimum Gasteiger partial charge on any atom is -0.507 e. The summed E-state index contributed by atoms with van der Waals surface area (Å²) < 4.78 is 11.5. The number of para-hydroxylation sites is 1. The predicted molar refractivity (Wildman–Crippen MR) is 146 cm³/mol. The number of nitrogens with zero attached hydrogens (tertiary/aromatic N) is 1. The molecular formula is C31H30N2O5. The number of phenolic OH excluding ortho intramolecular Hbond substituents is 1. The standard InChI is InChI=1S/C31H30N2O5/c1-22(34)32-26-13-15-27(16-14-26)38-21-25-18-24(12-17-30(25)37-2)20-33(19-23-8-4-3-5-9-23)31(36)28-10-6-7-11-29(28)35/h3-18,35H,19-21H2,1-2H3,(H,32,34). The number of rotatable bonds is 10. The van der Waals surface area contributed by atoms with Crippen LogP contribution in [0.2, 0.25) is 0 Å². The average molecular weight is 511 g/mol. The number of hydrogen-bond donors (Lipinski definition) is 2.